The largest absolute Gasteiger partial charge is 0.476 e. The van der Waals surface area contributed by atoms with Crippen LogP contribution in [0.4, 0.5) is 10.1 Å². The topological polar surface area (TPSA) is 98.7 Å². The van der Waals surface area contributed by atoms with Crippen molar-refractivity contribution in [2.75, 3.05) is 25.5 Å². The lowest BCUT2D eigenvalue weighted by molar-refractivity contribution is -0.143. The van der Waals surface area contributed by atoms with Gasteiger partial charge in [0.15, 0.2) is 0 Å². The molecule has 0 atom stereocenters. The highest BCUT2D eigenvalue weighted by atomic mass is 35.5. The molecule has 1 saturated heterocycles. The molecule has 9 heteroatoms. The van der Waals surface area contributed by atoms with Gasteiger partial charge < -0.3 is 15.7 Å². The van der Waals surface area contributed by atoms with Crippen molar-refractivity contribution >= 4 is 35.5 Å². The Morgan fingerprint density at radius 3 is 2.29 bits per heavy atom. The van der Waals surface area contributed by atoms with Crippen molar-refractivity contribution < 1.29 is 23.9 Å². The van der Waals surface area contributed by atoms with Gasteiger partial charge in [0.1, 0.15) is 5.82 Å². The average molecular weight is 494 g/mol. The summed E-state index contributed by atoms with van der Waals surface area (Å²) in [5.41, 5.74) is 3.30. The number of benzene rings is 2. The third kappa shape index (κ3) is 9.99. The lowest BCUT2D eigenvalue weighted by Crippen LogP contribution is -2.30. The van der Waals surface area contributed by atoms with E-state index >= 15 is 0 Å². The predicted octanol–water partition coefficient (Wildman–Crippen LogP) is 4.73. The van der Waals surface area contributed by atoms with E-state index in [4.69, 9.17) is 26.3 Å². The van der Waals surface area contributed by atoms with Gasteiger partial charge in [-0.1, -0.05) is 37.9 Å². The van der Waals surface area contributed by atoms with Crippen molar-refractivity contribution in [3.63, 3.8) is 0 Å². The molecule has 0 aliphatic carbocycles. The van der Waals surface area contributed by atoms with Crippen LogP contribution in [-0.4, -0.2) is 48.3 Å². The van der Waals surface area contributed by atoms with Crippen LogP contribution in [0.15, 0.2) is 36.4 Å². The Labute approximate surface area is 205 Å². The number of aliphatic carboxylic acids is 1. The molecule has 3 rings (SSSR count). The Hall–Kier alpha value is -2.81. The molecule has 1 amide bonds. The van der Waals surface area contributed by atoms with Gasteiger partial charge in [0.05, 0.1) is 5.02 Å². The van der Waals surface area contributed by atoms with Crippen LogP contribution in [0, 0.1) is 5.82 Å². The Morgan fingerprint density at radius 2 is 1.74 bits per heavy atom. The highest BCUT2D eigenvalue weighted by Gasteiger charge is 2.15. The standard InChI is InChI=1S/C21H25ClFN3O.C2H2O3.C2H6/c1-24-13-16-6-5-15(11-17(16)14-26-9-3-2-4-10-26)21(27)25-18-7-8-19(22)20(23)12-18;3-1-2(4)5;1-2/h5-8,11-12,24H,2-4,9-10,13-14H2,1H3,(H,25,27);1H,(H,4,5);1-2H3. The van der Waals surface area contributed by atoms with Gasteiger partial charge in [-0.05, 0) is 74.4 Å². The van der Waals surface area contributed by atoms with E-state index in [9.17, 15) is 9.18 Å². The number of likely N-dealkylation sites (tertiary alicyclic amines) is 1. The van der Waals surface area contributed by atoms with Gasteiger partial charge in [-0.2, -0.15) is 0 Å². The summed E-state index contributed by atoms with van der Waals surface area (Å²) in [7, 11) is 1.92. The van der Waals surface area contributed by atoms with E-state index in [2.05, 4.69) is 15.5 Å². The molecule has 1 fully saturated rings. The van der Waals surface area contributed by atoms with Crippen LogP contribution >= 0.6 is 11.6 Å². The van der Waals surface area contributed by atoms with Crippen LogP contribution in [0.5, 0.6) is 0 Å². The SMILES string of the molecule is CC.CNCc1ccc(C(=O)Nc2ccc(Cl)c(F)c2)cc1CN1CCCCC1.O=CC(=O)O. The minimum atomic E-state index is -1.43. The normalized spacial score (nSPS) is 13.0. The van der Waals surface area contributed by atoms with Crippen LogP contribution in [-0.2, 0) is 22.7 Å². The molecule has 2 aromatic carbocycles. The van der Waals surface area contributed by atoms with E-state index < -0.39 is 11.8 Å². The highest BCUT2D eigenvalue weighted by molar-refractivity contribution is 6.30. The maximum Gasteiger partial charge on any atom is 0.368 e. The molecule has 1 heterocycles. The summed E-state index contributed by atoms with van der Waals surface area (Å²) in [6, 6.07) is 10.0. The second kappa shape index (κ2) is 15.9. The number of hydrogen-bond acceptors (Lipinski definition) is 5. The number of anilines is 1. The number of amides is 1. The Bertz CT molecular complexity index is 950. The summed E-state index contributed by atoms with van der Waals surface area (Å²) in [6.07, 6.45) is 3.58. The van der Waals surface area contributed by atoms with Gasteiger partial charge in [0.25, 0.3) is 5.91 Å². The first-order chi connectivity index (χ1) is 16.3. The average Bonchev–Trinajstić information content (AvgIpc) is 2.85. The van der Waals surface area contributed by atoms with Crippen LogP contribution in [0.3, 0.4) is 0 Å². The van der Waals surface area contributed by atoms with Crippen LogP contribution in [0.25, 0.3) is 0 Å². The van der Waals surface area contributed by atoms with Crippen molar-refractivity contribution in [1.82, 2.24) is 10.2 Å². The number of carbonyl (C=O) groups is 3. The molecular weight excluding hydrogens is 461 g/mol. The van der Waals surface area contributed by atoms with E-state index in [0.29, 0.717) is 11.3 Å². The minimum absolute atomic E-state index is 0.0354. The lowest BCUT2D eigenvalue weighted by Gasteiger charge is -2.27. The van der Waals surface area contributed by atoms with Gasteiger partial charge in [0.2, 0.25) is 6.29 Å². The smallest absolute Gasteiger partial charge is 0.368 e. The molecule has 2 aromatic rings. The van der Waals surface area contributed by atoms with Crippen LogP contribution in [0.1, 0.15) is 54.6 Å². The van der Waals surface area contributed by atoms with E-state index in [1.165, 1.54) is 37.0 Å². The first kappa shape index (κ1) is 29.2. The van der Waals surface area contributed by atoms with Crippen molar-refractivity contribution in [2.24, 2.45) is 0 Å². The summed E-state index contributed by atoms with van der Waals surface area (Å²) in [5, 5.41) is 13.3. The van der Waals surface area contributed by atoms with E-state index in [-0.39, 0.29) is 17.2 Å². The summed E-state index contributed by atoms with van der Waals surface area (Å²) >= 11 is 5.70. The Morgan fingerprint density at radius 1 is 1.09 bits per heavy atom. The van der Waals surface area contributed by atoms with Crippen molar-refractivity contribution in [1.29, 1.82) is 0 Å². The van der Waals surface area contributed by atoms with Crippen molar-refractivity contribution in [2.45, 2.75) is 46.2 Å². The van der Waals surface area contributed by atoms with Gasteiger partial charge in [0, 0.05) is 24.3 Å². The molecule has 0 radical (unpaired) electrons. The van der Waals surface area contributed by atoms with E-state index in [1.54, 1.807) is 6.07 Å². The summed E-state index contributed by atoms with van der Waals surface area (Å²) in [6.45, 7) is 7.79. The zero-order valence-corrected chi connectivity index (χ0v) is 20.6. The molecule has 186 valence electrons. The molecule has 0 saturated carbocycles. The number of carboxylic acids is 1. The first-order valence-corrected chi connectivity index (χ1v) is 11.6. The third-order valence-electron chi connectivity index (χ3n) is 4.96. The lowest BCUT2D eigenvalue weighted by atomic mass is 10.0. The number of hydrogen-bond donors (Lipinski definition) is 3. The Balaban J connectivity index is 0.000000733. The van der Waals surface area contributed by atoms with E-state index in [0.717, 1.165) is 31.7 Å². The molecule has 0 aromatic heterocycles. The molecule has 1 aliphatic rings. The molecule has 7 nitrogen and oxygen atoms in total. The second-order valence-corrected chi connectivity index (χ2v) is 7.80. The summed E-state index contributed by atoms with van der Waals surface area (Å²) in [5.74, 6) is -2.23. The van der Waals surface area contributed by atoms with Crippen molar-refractivity contribution in [3.05, 3.63) is 63.9 Å². The zero-order valence-electron chi connectivity index (χ0n) is 19.9. The number of carbonyl (C=O) groups excluding carboxylic acids is 2. The van der Waals surface area contributed by atoms with Crippen LogP contribution in [0.2, 0.25) is 5.02 Å². The fourth-order valence-corrected chi connectivity index (χ4v) is 3.53. The van der Waals surface area contributed by atoms with E-state index in [1.807, 2.05) is 39.1 Å². The number of rotatable bonds is 7. The Kier molecular flexibility index (Phi) is 13.7. The maximum atomic E-state index is 13.6. The fourth-order valence-electron chi connectivity index (χ4n) is 3.41. The summed E-state index contributed by atoms with van der Waals surface area (Å²) < 4.78 is 13.6. The molecule has 0 spiro atoms. The second-order valence-electron chi connectivity index (χ2n) is 7.39. The molecule has 0 bridgehead atoms. The monoisotopic (exact) mass is 493 g/mol. The highest BCUT2D eigenvalue weighted by Crippen LogP contribution is 2.21. The van der Waals surface area contributed by atoms with Gasteiger partial charge in [-0.25, -0.2) is 9.18 Å². The first-order valence-electron chi connectivity index (χ1n) is 11.3. The number of nitrogens with one attached hydrogen (secondary N) is 2. The van der Waals surface area contributed by atoms with Gasteiger partial charge in [-0.15, -0.1) is 0 Å². The number of nitrogens with zero attached hydrogens (tertiary/aromatic N) is 1. The molecule has 1 aliphatic heterocycles. The quantitative estimate of drug-likeness (QED) is 0.381. The molecule has 0 unspecified atom stereocenters. The predicted molar refractivity (Wildman–Crippen MR) is 133 cm³/mol. The van der Waals surface area contributed by atoms with Crippen LogP contribution < -0.4 is 10.6 Å². The maximum absolute atomic E-state index is 13.6. The minimum Gasteiger partial charge on any atom is -0.476 e. The van der Waals surface area contributed by atoms with Gasteiger partial charge >= 0.3 is 5.97 Å². The number of aldehydes is 1. The zero-order chi connectivity index (χ0) is 25.5. The summed E-state index contributed by atoms with van der Waals surface area (Å²) in [4.78, 5) is 33.0. The third-order valence-corrected chi connectivity index (χ3v) is 5.26. The van der Waals surface area contributed by atoms with Crippen molar-refractivity contribution in [3.8, 4) is 0 Å². The molecular formula is C25H33ClFN3O4. The fraction of sp³-hybridized carbons (Fsp3) is 0.400. The molecule has 34 heavy (non-hydrogen) atoms. The number of halogens is 2. The number of carboxylic acid groups (broad SMARTS) is 1. The molecule has 3 N–H and O–H groups in total. The van der Waals surface area contributed by atoms with Gasteiger partial charge in [-0.3, -0.25) is 14.5 Å². The number of piperidine rings is 1.